The molecule has 0 aromatic heterocycles. The van der Waals surface area contributed by atoms with Crippen LogP contribution in [0.25, 0.3) is 0 Å². The first-order valence-corrected chi connectivity index (χ1v) is 9.51. The summed E-state index contributed by atoms with van der Waals surface area (Å²) in [4.78, 5) is 4.93. The summed E-state index contributed by atoms with van der Waals surface area (Å²) in [5, 5.41) is 10.3. The molecule has 1 aliphatic rings. The zero-order valence-corrected chi connectivity index (χ0v) is 16.9. The minimum Gasteiger partial charge on any atom is -0.388 e. The van der Waals surface area contributed by atoms with E-state index in [2.05, 4.69) is 34.1 Å². The van der Waals surface area contributed by atoms with E-state index in [9.17, 15) is 5.11 Å². The SMILES string of the molecule is COC(CN1CCN(CCC(O)c2ccccc2)CC1)c1ccccc1.Cl. The van der Waals surface area contributed by atoms with Crippen LogP contribution in [0.15, 0.2) is 60.7 Å². The molecule has 2 atom stereocenters. The maximum atomic E-state index is 10.3. The zero-order valence-electron chi connectivity index (χ0n) is 16.0. The molecule has 2 aromatic rings. The quantitative estimate of drug-likeness (QED) is 0.747. The van der Waals surface area contributed by atoms with Crippen molar-refractivity contribution in [2.45, 2.75) is 18.6 Å². The van der Waals surface area contributed by atoms with E-state index < -0.39 is 0 Å². The molecular formula is C22H31ClN2O2. The Bertz CT molecular complexity index is 633. The highest BCUT2D eigenvalue weighted by Gasteiger charge is 2.21. The van der Waals surface area contributed by atoms with E-state index >= 15 is 0 Å². The second-order valence-electron chi connectivity index (χ2n) is 6.99. The molecule has 0 saturated carbocycles. The van der Waals surface area contributed by atoms with Gasteiger partial charge in [0.1, 0.15) is 0 Å². The number of benzene rings is 2. The number of piperazine rings is 1. The molecule has 0 amide bonds. The Kier molecular flexibility index (Phi) is 9.25. The van der Waals surface area contributed by atoms with E-state index in [0.717, 1.165) is 51.3 Å². The fourth-order valence-corrected chi connectivity index (χ4v) is 3.56. The molecule has 1 aliphatic heterocycles. The molecule has 5 heteroatoms. The monoisotopic (exact) mass is 390 g/mol. The lowest BCUT2D eigenvalue weighted by Gasteiger charge is -2.36. The molecule has 0 radical (unpaired) electrons. The lowest BCUT2D eigenvalue weighted by atomic mass is 10.1. The number of methoxy groups -OCH3 is 1. The third-order valence-corrected chi connectivity index (χ3v) is 5.25. The summed E-state index contributed by atoms with van der Waals surface area (Å²) < 4.78 is 5.71. The van der Waals surface area contributed by atoms with Crippen molar-refractivity contribution in [3.63, 3.8) is 0 Å². The predicted molar refractivity (Wildman–Crippen MR) is 112 cm³/mol. The van der Waals surface area contributed by atoms with Crippen molar-refractivity contribution in [2.24, 2.45) is 0 Å². The molecule has 0 spiro atoms. The minimum absolute atomic E-state index is 0. The number of nitrogens with zero attached hydrogens (tertiary/aromatic N) is 2. The van der Waals surface area contributed by atoms with Crippen LogP contribution in [0.5, 0.6) is 0 Å². The molecule has 0 aliphatic carbocycles. The van der Waals surface area contributed by atoms with Gasteiger partial charge in [-0.2, -0.15) is 0 Å². The van der Waals surface area contributed by atoms with Crippen molar-refractivity contribution in [3.05, 3.63) is 71.8 Å². The van der Waals surface area contributed by atoms with Gasteiger partial charge in [0.25, 0.3) is 0 Å². The predicted octanol–water partition coefficient (Wildman–Crippen LogP) is 3.54. The Balaban J connectivity index is 0.00000261. The number of ether oxygens (including phenoxy) is 1. The maximum Gasteiger partial charge on any atom is 0.0947 e. The number of rotatable bonds is 8. The summed E-state index contributed by atoms with van der Waals surface area (Å²) in [5.41, 5.74) is 2.25. The molecule has 2 aromatic carbocycles. The van der Waals surface area contributed by atoms with Gasteiger partial charge in [0.15, 0.2) is 0 Å². The van der Waals surface area contributed by atoms with Gasteiger partial charge in [-0.25, -0.2) is 0 Å². The van der Waals surface area contributed by atoms with E-state index in [1.54, 1.807) is 7.11 Å². The maximum absolute atomic E-state index is 10.3. The van der Waals surface area contributed by atoms with Gasteiger partial charge in [0.2, 0.25) is 0 Å². The topological polar surface area (TPSA) is 35.9 Å². The van der Waals surface area contributed by atoms with Gasteiger partial charge in [-0.05, 0) is 17.5 Å². The molecule has 1 heterocycles. The largest absolute Gasteiger partial charge is 0.388 e. The molecule has 148 valence electrons. The van der Waals surface area contributed by atoms with Crippen molar-refractivity contribution in [1.82, 2.24) is 9.80 Å². The Morgan fingerprint density at radius 2 is 1.37 bits per heavy atom. The number of hydrogen-bond acceptors (Lipinski definition) is 4. The standard InChI is InChI=1S/C22H30N2O2.ClH/c1-26-22(20-10-6-3-7-11-20)18-24-16-14-23(15-17-24)13-12-21(25)19-8-4-2-5-9-19;/h2-11,21-22,25H,12-18H2,1H3;1H. The summed E-state index contributed by atoms with van der Waals surface area (Å²) in [6.07, 6.45) is 0.544. The lowest BCUT2D eigenvalue weighted by molar-refractivity contribution is 0.0387. The third-order valence-electron chi connectivity index (χ3n) is 5.25. The molecular weight excluding hydrogens is 360 g/mol. The van der Waals surface area contributed by atoms with Crippen LogP contribution in [-0.4, -0.2) is 61.3 Å². The summed E-state index contributed by atoms with van der Waals surface area (Å²) >= 11 is 0. The van der Waals surface area contributed by atoms with Crippen LogP contribution in [0.3, 0.4) is 0 Å². The van der Waals surface area contributed by atoms with Crippen molar-refractivity contribution < 1.29 is 9.84 Å². The van der Waals surface area contributed by atoms with Crippen molar-refractivity contribution in [2.75, 3.05) is 46.4 Å². The Hall–Kier alpha value is -1.43. The van der Waals surface area contributed by atoms with Gasteiger partial charge in [0, 0.05) is 46.4 Å². The Labute approximate surface area is 169 Å². The fraction of sp³-hybridized carbons (Fsp3) is 0.455. The second kappa shape index (κ2) is 11.4. The van der Waals surface area contributed by atoms with E-state index in [1.807, 2.05) is 36.4 Å². The number of hydrogen-bond donors (Lipinski definition) is 1. The number of aliphatic hydroxyl groups is 1. The van der Waals surface area contributed by atoms with Crippen LogP contribution >= 0.6 is 12.4 Å². The Morgan fingerprint density at radius 3 is 1.93 bits per heavy atom. The highest BCUT2D eigenvalue weighted by atomic mass is 35.5. The van der Waals surface area contributed by atoms with Gasteiger partial charge < -0.3 is 14.7 Å². The molecule has 2 unspecified atom stereocenters. The summed E-state index contributed by atoms with van der Waals surface area (Å²) in [6, 6.07) is 20.4. The minimum atomic E-state index is -0.370. The van der Waals surface area contributed by atoms with Gasteiger partial charge in [0.05, 0.1) is 12.2 Å². The van der Waals surface area contributed by atoms with Crippen molar-refractivity contribution in [3.8, 4) is 0 Å². The summed E-state index contributed by atoms with van der Waals surface area (Å²) in [6.45, 7) is 6.07. The molecule has 3 rings (SSSR count). The van der Waals surface area contributed by atoms with Crippen LogP contribution in [0.2, 0.25) is 0 Å². The zero-order chi connectivity index (χ0) is 18.2. The molecule has 1 N–H and O–H groups in total. The molecule has 1 fully saturated rings. The van der Waals surface area contributed by atoms with Crippen LogP contribution in [0.1, 0.15) is 29.8 Å². The highest BCUT2D eigenvalue weighted by molar-refractivity contribution is 5.85. The van der Waals surface area contributed by atoms with E-state index in [0.29, 0.717) is 0 Å². The molecule has 4 nitrogen and oxygen atoms in total. The van der Waals surface area contributed by atoms with E-state index in [-0.39, 0.29) is 24.6 Å². The van der Waals surface area contributed by atoms with Crippen molar-refractivity contribution >= 4 is 12.4 Å². The number of halogens is 1. The van der Waals surface area contributed by atoms with Crippen LogP contribution in [-0.2, 0) is 4.74 Å². The summed E-state index contributed by atoms with van der Waals surface area (Å²) in [5.74, 6) is 0. The van der Waals surface area contributed by atoms with Crippen LogP contribution in [0.4, 0.5) is 0 Å². The van der Waals surface area contributed by atoms with Crippen LogP contribution in [0, 0.1) is 0 Å². The van der Waals surface area contributed by atoms with E-state index in [1.165, 1.54) is 5.56 Å². The first-order valence-electron chi connectivity index (χ1n) is 9.51. The normalized spacial score (nSPS) is 17.9. The van der Waals surface area contributed by atoms with Gasteiger partial charge in [-0.15, -0.1) is 12.4 Å². The number of aliphatic hydroxyl groups excluding tert-OH is 1. The van der Waals surface area contributed by atoms with E-state index in [4.69, 9.17) is 4.74 Å². The van der Waals surface area contributed by atoms with Crippen molar-refractivity contribution in [1.29, 1.82) is 0 Å². The first-order chi connectivity index (χ1) is 12.8. The second-order valence-corrected chi connectivity index (χ2v) is 6.99. The van der Waals surface area contributed by atoms with Gasteiger partial charge in [-0.1, -0.05) is 60.7 Å². The van der Waals surface area contributed by atoms with Gasteiger partial charge in [-0.3, -0.25) is 4.90 Å². The molecule has 27 heavy (non-hydrogen) atoms. The fourth-order valence-electron chi connectivity index (χ4n) is 3.56. The van der Waals surface area contributed by atoms with Crippen LogP contribution < -0.4 is 0 Å². The first kappa shape index (κ1) is 21.9. The van der Waals surface area contributed by atoms with Gasteiger partial charge >= 0.3 is 0 Å². The highest BCUT2D eigenvalue weighted by Crippen LogP contribution is 2.20. The average molecular weight is 391 g/mol. The third kappa shape index (κ3) is 6.59. The molecule has 0 bridgehead atoms. The lowest BCUT2D eigenvalue weighted by Crippen LogP contribution is -2.47. The molecule has 1 saturated heterocycles. The average Bonchev–Trinajstić information content (AvgIpc) is 2.72. The smallest absolute Gasteiger partial charge is 0.0947 e. The Morgan fingerprint density at radius 1 is 0.852 bits per heavy atom. The summed E-state index contributed by atoms with van der Waals surface area (Å²) in [7, 11) is 1.79.